The molecule has 0 spiro atoms. The number of aliphatic hydroxyl groups is 1. The molecule has 0 saturated heterocycles. The average Bonchev–Trinajstić information content (AvgIpc) is 2.34. The first-order chi connectivity index (χ1) is 8.37. The minimum absolute atomic E-state index is 0.116. The summed E-state index contributed by atoms with van der Waals surface area (Å²) in [7, 11) is 1.77. The Morgan fingerprint density at radius 2 is 2.17 bits per heavy atom. The molecule has 0 fully saturated rings. The Balaban J connectivity index is 2.82. The van der Waals surface area contributed by atoms with Gasteiger partial charge in [0.05, 0.1) is 11.2 Å². The Hall–Kier alpha value is -1.62. The third kappa shape index (κ3) is 4.00. The molecule has 1 heterocycles. The molecule has 0 aliphatic rings. The van der Waals surface area contributed by atoms with Crippen LogP contribution in [0.4, 0.5) is 5.82 Å². The summed E-state index contributed by atoms with van der Waals surface area (Å²) in [6.45, 7) is 6.11. The van der Waals surface area contributed by atoms with Crippen LogP contribution in [0.1, 0.15) is 31.1 Å². The van der Waals surface area contributed by atoms with Crippen molar-refractivity contribution in [1.82, 2.24) is 9.88 Å². The third-order valence-corrected chi connectivity index (χ3v) is 2.51. The van der Waals surface area contributed by atoms with Gasteiger partial charge in [0.2, 0.25) is 0 Å². The molecular formula is C13H21N3O2. The second-order valence-corrected chi connectivity index (χ2v) is 4.81. The van der Waals surface area contributed by atoms with Crippen molar-refractivity contribution in [3.8, 4) is 0 Å². The fourth-order valence-electron chi connectivity index (χ4n) is 1.65. The molecule has 1 amide bonds. The normalized spacial score (nSPS) is 11.2. The summed E-state index contributed by atoms with van der Waals surface area (Å²) < 4.78 is 0. The number of amides is 1. The molecule has 0 radical (unpaired) electrons. The van der Waals surface area contributed by atoms with E-state index in [9.17, 15) is 9.90 Å². The first-order valence-corrected chi connectivity index (χ1v) is 6.03. The van der Waals surface area contributed by atoms with Gasteiger partial charge in [-0.3, -0.25) is 4.79 Å². The zero-order valence-corrected chi connectivity index (χ0v) is 11.4. The van der Waals surface area contributed by atoms with Crippen LogP contribution in [-0.4, -0.2) is 46.6 Å². The highest BCUT2D eigenvalue weighted by molar-refractivity contribution is 5.94. The van der Waals surface area contributed by atoms with E-state index in [4.69, 9.17) is 0 Å². The molecule has 2 N–H and O–H groups in total. The molecule has 0 atom stereocenters. The molecule has 1 aromatic heterocycles. The van der Waals surface area contributed by atoms with Crippen LogP contribution in [0, 0.1) is 0 Å². The lowest BCUT2D eigenvalue weighted by molar-refractivity contribution is 0.0314. The van der Waals surface area contributed by atoms with Gasteiger partial charge in [0.15, 0.2) is 0 Å². The minimum Gasteiger partial charge on any atom is -0.389 e. The monoisotopic (exact) mass is 251 g/mol. The van der Waals surface area contributed by atoms with E-state index in [1.54, 1.807) is 44.1 Å². The topological polar surface area (TPSA) is 65.5 Å². The molecule has 0 saturated carbocycles. The molecule has 5 heteroatoms. The molecule has 100 valence electrons. The van der Waals surface area contributed by atoms with Crippen LogP contribution in [-0.2, 0) is 0 Å². The number of hydrogen-bond donors (Lipinski definition) is 2. The van der Waals surface area contributed by atoms with E-state index in [0.29, 0.717) is 18.7 Å². The van der Waals surface area contributed by atoms with Crippen molar-refractivity contribution in [2.75, 3.05) is 25.5 Å². The molecule has 0 aliphatic heterocycles. The standard InChI is InChI=1S/C13H21N3O2/c1-5-16(9-13(2,3)18)12(17)10-6-7-11(14-4)15-8-10/h6-8,18H,5,9H2,1-4H3,(H,14,15). The Kier molecular flexibility index (Phi) is 4.67. The van der Waals surface area contributed by atoms with E-state index >= 15 is 0 Å². The van der Waals surface area contributed by atoms with Gasteiger partial charge >= 0.3 is 0 Å². The number of aromatic nitrogens is 1. The second kappa shape index (κ2) is 5.82. The maximum atomic E-state index is 12.2. The molecule has 5 nitrogen and oxygen atoms in total. The summed E-state index contributed by atoms with van der Waals surface area (Å²) in [6, 6.07) is 3.49. The zero-order chi connectivity index (χ0) is 13.8. The van der Waals surface area contributed by atoms with E-state index in [1.807, 2.05) is 6.92 Å². The molecule has 0 aromatic carbocycles. The smallest absolute Gasteiger partial charge is 0.255 e. The van der Waals surface area contributed by atoms with Crippen LogP contribution in [0.25, 0.3) is 0 Å². The molecule has 1 rings (SSSR count). The number of pyridine rings is 1. The lowest BCUT2D eigenvalue weighted by atomic mass is 10.1. The average molecular weight is 251 g/mol. The maximum absolute atomic E-state index is 12.2. The van der Waals surface area contributed by atoms with Crippen molar-refractivity contribution in [3.05, 3.63) is 23.9 Å². The van der Waals surface area contributed by atoms with Crippen LogP contribution < -0.4 is 5.32 Å². The summed E-state index contributed by atoms with van der Waals surface area (Å²) in [5, 5.41) is 12.7. The van der Waals surface area contributed by atoms with Crippen LogP contribution in [0.2, 0.25) is 0 Å². The van der Waals surface area contributed by atoms with Crippen molar-refractivity contribution in [2.45, 2.75) is 26.4 Å². The Bertz CT molecular complexity index is 396. The SMILES string of the molecule is CCN(CC(C)(C)O)C(=O)c1ccc(NC)nc1. The molecule has 1 aromatic rings. The Morgan fingerprint density at radius 1 is 1.50 bits per heavy atom. The largest absolute Gasteiger partial charge is 0.389 e. The van der Waals surface area contributed by atoms with Gasteiger partial charge in [-0.15, -0.1) is 0 Å². The summed E-state index contributed by atoms with van der Waals surface area (Å²) in [5.41, 5.74) is -0.371. The summed E-state index contributed by atoms with van der Waals surface area (Å²) >= 11 is 0. The highest BCUT2D eigenvalue weighted by atomic mass is 16.3. The van der Waals surface area contributed by atoms with Crippen LogP contribution >= 0.6 is 0 Å². The molecule has 0 bridgehead atoms. The van der Waals surface area contributed by atoms with Crippen molar-refractivity contribution in [1.29, 1.82) is 0 Å². The molecule has 0 unspecified atom stereocenters. The number of hydrogen-bond acceptors (Lipinski definition) is 4. The first-order valence-electron chi connectivity index (χ1n) is 6.03. The number of anilines is 1. The fraction of sp³-hybridized carbons (Fsp3) is 0.538. The highest BCUT2D eigenvalue weighted by Gasteiger charge is 2.22. The molecule has 18 heavy (non-hydrogen) atoms. The van der Waals surface area contributed by atoms with E-state index in [2.05, 4.69) is 10.3 Å². The highest BCUT2D eigenvalue weighted by Crippen LogP contribution is 2.11. The van der Waals surface area contributed by atoms with Gasteiger partial charge in [0.25, 0.3) is 5.91 Å². The van der Waals surface area contributed by atoms with E-state index in [-0.39, 0.29) is 5.91 Å². The summed E-state index contributed by atoms with van der Waals surface area (Å²) in [6.07, 6.45) is 1.54. The quantitative estimate of drug-likeness (QED) is 0.829. The number of nitrogens with one attached hydrogen (secondary N) is 1. The second-order valence-electron chi connectivity index (χ2n) is 4.81. The predicted molar refractivity (Wildman–Crippen MR) is 71.7 cm³/mol. The Labute approximate surface area is 108 Å². The van der Waals surface area contributed by atoms with Crippen molar-refractivity contribution < 1.29 is 9.90 Å². The molecular weight excluding hydrogens is 230 g/mol. The third-order valence-electron chi connectivity index (χ3n) is 2.51. The van der Waals surface area contributed by atoms with Crippen molar-refractivity contribution >= 4 is 11.7 Å². The summed E-state index contributed by atoms with van der Waals surface area (Å²) in [5.74, 6) is 0.604. The van der Waals surface area contributed by atoms with Gasteiger partial charge in [-0.1, -0.05) is 0 Å². The number of likely N-dealkylation sites (N-methyl/N-ethyl adjacent to an activating group) is 1. The zero-order valence-electron chi connectivity index (χ0n) is 11.4. The fourth-order valence-corrected chi connectivity index (χ4v) is 1.65. The number of nitrogens with zero attached hydrogens (tertiary/aromatic N) is 2. The lowest BCUT2D eigenvalue weighted by Crippen LogP contribution is -2.42. The van der Waals surface area contributed by atoms with Gasteiger partial charge in [-0.25, -0.2) is 4.98 Å². The van der Waals surface area contributed by atoms with E-state index in [1.165, 1.54) is 0 Å². The number of carbonyl (C=O) groups is 1. The lowest BCUT2D eigenvalue weighted by Gasteiger charge is -2.28. The van der Waals surface area contributed by atoms with E-state index < -0.39 is 5.60 Å². The van der Waals surface area contributed by atoms with Gasteiger partial charge in [-0.2, -0.15) is 0 Å². The van der Waals surface area contributed by atoms with Crippen LogP contribution in [0.5, 0.6) is 0 Å². The molecule has 0 aliphatic carbocycles. The predicted octanol–water partition coefficient (Wildman–Crippen LogP) is 1.36. The maximum Gasteiger partial charge on any atom is 0.255 e. The summed E-state index contributed by atoms with van der Waals surface area (Å²) in [4.78, 5) is 17.9. The number of rotatable bonds is 5. The van der Waals surface area contributed by atoms with E-state index in [0.717, 1.165) is 5.82 Å². The van der Waals surface area contributed by atoms with Crippen LogP contribution in [0.3, 0.4) is 0 Å². The minimum atomic E-state index is -0.899. The van der Waals surface area contributed by atoms with Gasteiger partial charge in [0, 0.05) is 26.3 Å². The van der Waals surface area contributed by atoms with Crippen LogP contribution in [0.15, 0.2) is 18.3 Å². The number of carbonyl (C=O) groups excluding carboxylic acids is 1. The van der Waals surface area contributed by atoms with Gasteiger partial charge in [-0.05, 0) is 32.9 Å². The van der Waals surface area contributed by atoms with Crippen molar-refractivity contribution in [3.63, 3.8) is 0 Å². The van der Waals surface area contributed by atoms with Gasteiger partial charge in [0.1, 0.15) is 5.82 Å². The van der Waals surface area contributed by atoms with Gasteiger partial charge < -0.3 is 15.3 Å². The Morgan fingerprint density at radius 3 is 2.56 bits per heavy atom. The first kappa shape index (κ1) is 14.4. The van der Waals surface area contributed by atoms with Crippen molar-refractivity contribution in [2.24, 2.45) is 0 Å².